The summed E-state index contributed by atoms with van der Waals surface area (Å²) in [5, 5.41) is 16.1. The van der Waals surface area contributed by atoms with Gasteiger partial charge in [-0.25, -0.2) is 0 Å². The fourth-order valence-electron chi connectivity index (χ4n) is 4.59. The van der Waals surface area contributed by atoms with E-state index in [-0.39, 0.29) is 12.2 Å². The van der Waals surface area contributed by atoms with Gasteiger partial charge in [0.2, 0.25) is 0 Å². The molecule has 1 heterocycles. The Morgan fingerprint density at radius 1 is 0.600 bits per heavy atom. The van der Waals surface area contributed by atoms with E-state index in [0.717, 1.165) is 0 Å². The molecular weight excluding hydrogens is 595 g/mol. The molecule has 1 saturated heterocycles. The van der Waals surface area contributed by atoms with E-state index in [2.05, 4.69) is 86.7 Å². The van der Waals surface area contributed by atoms with Crippen molar-refractivity contribution in [2.45, 2.75) is 74.9 Å². The summed E-state index contributed by atoms with van der Waals surface area (Å²) in [6.07, 6.45) is 12.2. The Kier molecular flexibility index (Phi) is 9.86. The van der Waals surface area contributed by atoms with Crippen LogP contribution >= 0.6 is 0 Å². The van der Waals surface area contributed by atoms with Gasteiger partial charge in [-0.3, -0.25) is 0 Å². The zero-order chi connectivity index (χ0) is 25.6. The van der Waals surface area contributed by atoms with Gasteiger partial charge in [0.15, 0.2) is 0 Å². The Bertz CT molecular complexity index is 1020. The molecule has 0 amide bonds. The minimum absolute atomic E-state index is 0.167. The first-order valence-corrected chi connectivity index (χ1v) is 21.6. The molecule has 1 fully saturated rings. The van der Waals surface area contributed by atoms with Gasteiger partial charge in [0, 0.05) is 12.2 Å². The van der Waals surface area contributed by atoms with Gasteiger partial charge in [-0.05, 0) is 27.7 Å². The molecule has 5 rings (SSSR count). The zero-order valence-electron chi connectivity index (χ0n) is 22.3. The van der Waals surface area contributed by atoms with Crippen LogP contribution in [0.1, 0.15) is 62.8 Å². The van der Waals surface area contributed by atoms with E-state index < -0.39 is 20.0 Å². The molecule has 186 valence electrons. The minimum atomic E-state index is -2.35. The van der Waals surface area contributed by atoms with E-state index in [9.17, 15) is 0 Å². The van der Waals surface area contributed by atoms with E-state index >= 15 is 0 Å². The van der Waals surface area contributed by atoms with E-state index in [1.165, 1.54) is 54.6 Å². The van der Waals surface area contributed by atoms with Gasteiger partial charge in [0.05, 0.1) is 0 Å². The Morgan fingerprint density at radius 3 is 1.20 bits per heavy atom. The fourth-order valence-corrected chi connectivity index (χ4v) is 25.6. The van der Waals surface area contributed by atoms with Crippen LogP contribution in [-0.4, -0.2) is 22.4 Å². The van der Waals surface area contributed by atoms with Crippen LogP contribution in [0.25, 0.3) is 11.1 Å². The van der Waals surface area contributed by atoms with Gasteiger partial charge < -0.3 is 10.2 Å². The molecule has 0 radical (unpaired) electrons. The molecule has 2 nitrogen and oxygen atoms in total. The molecule has 0 spiro atoms. The maximum absolute atomic E-state index is 8.06. The first-order chi connectivity index (χ1) is 16.6. The second-order valence-corrected chi connectivity index (χ2v) is 26.6. The molecule has 3 heteroatoms. The molecule has 3 aliphatic rings. The molecule has 2 N–H and O–H groups in total. The molecule has 0 bridgehead atoms. The van der Waals surface area contributed by atoms with E-state index in [4.69, 9.17) is 10.2 Å². The number of benzene rings is 2. The Labute approximate surface area is 217 Å². The van der Waals surface area contributed by atoms with Gasteiger partial charge in [-0.15, -0.1) is 0 Å². The number of aliphatic hydroxyl groups is 2. The van der Waals surface area contributed by atoms with Crippen molar-refractivity contribution < 1.29 is 30.2 Å². The van der Waals surface area contributed by atoms with Crippen LogP contribution < -0.4 is 0 Å². The third-order valence-electron chi connectivity index (χ3n) is 6.49. The van der Waals surface area contributed by atoms with Crippen molar-refractivity contribution in [2.24, 2.45) is 0 Å². The second kappa shape index (κ2) is 12.4. The number of allylic oxidation sites excluding steroid dienone is 8. The Balaban J connectivity index is 0.000000376. The Morgan fingerprint density at radius 2 is 0.914 bits per heavy atom. The van der Waals surface area contributed by atoms with Gasteiger partial charge in [-0.2, -0.15) is 0 Å². The average molecular weight is 637 g/mol. The van der Waals surface area contributed by atoms with Gasteiger partial charge in [0.25, 0.3) is 0 Å². The van der Waals surface area contributed by atoms with Gasteiger partial charge >= 0.3 is 168 Å². The average Bonchev–Trinajstić information content (AvgIpc) is 3.21. The number of aryl methyl sites for hydroxylation is 2. The normalized spacial score (nSPS) is 17.5. The first-order valence-electron chi connectivity index (χ1n) is 12.9. The quantitative estimate of drug-likeness (QED) is 0.333. The summed E-state index contributed by atoms with van der Waals surface area (Å²) in [4.78, 5) is 0. The predicted octanol–water partition coefficient (Wildman–Crippen LogP) is 8.12. The molecule has 0 unspecified atom stereocenters. The molecule has 0 atom stereocenters. The monoisotopic (exact) mass is 638 g/mol. The van der Waals surface area contributed by atoms with Crippen molar-refractivity contribution in [2.75, 3.05) is 0 Å². The molecular formula is C32H42HfO2. The van der Waals surface area contributed by atoms with Crippen LogP contribution in [0.4, 0.5) is 0 Å². The van der Waals surface area contributed by atoms with Crippen molar-refractivity contribution in [1.29, 1.82) is 0 Å². The van der Waals surface area contributed by atoms with Crippen molar-refractivity contribution in [3.05, 3.63) is 102 Å². The van der Waals surface area contributed by atoms with Crippen molar-refractivity contribution in [1.82, 2.24) is 0 Å². The number of hydrogen-bond acceptors (Lipinski definition) is 2. The van der Waals surface area contributed by atoms with Crippen molar-refractivity contribution in [3.63, 3.8) is 0 Å². The zero-order valence-corrected chi connectivity index (χ0v) is 25.9. The van der Waals surface area contributed by atoms with Crippen molar-refractivity contribution >= 4 is 11.1 Å². The van der Waals surface area contributed by atoms with Gasteiger partial charge in [0.1, 0.15) is 0 Å². The van der Waals surface area contributed by atoms with Crippen LogP contribution in [0, 0.1) is 13.8 Å². The molecule has 2 aromatic rings. The standard InChI is InChI=1S/2C12H11.2C3H8O.C2H4.Hf/c2*1-10-6-8-12(9-7-10)11-4-2-3-5-11;2*1-3(2)4;1-2;/h2*4-9H,2H2,1H3;2*3-4H,1-2H3;1-2H2;. The number of hydrogen-bond donors (Lipinski definition) is 2. The molecule has 2 aromatic carbocycles. The van der Waals surface area contributed by atoms with Crippen LogP contribution in [-0.2, 0) is 20.0 Å². The van der Waals surface area contributed by atoms with Gasteiger partial charge in [-0.1, -0.05) is 0 Å². The molecule has 1 aliphatic heterocycles. The van der Waals surface area contributed by atoms with Crippen LogP contribution in [0.5, 0.6) is 0 Å². The number of rotatable bonds is 4. The summed E-state index contributed by atoms with van der Waals surface area (Å²) in [6, 6.07) is 18.1. The summed E-state index contributed by atoms with van der Waals surface area (Å²) >= 11 is -2.35. The third kappa shape index (κ3) is 7.84. The topological polar surface area (TPSA) is 40.5 Å². The molecule has 2 aliphatic carbocycles. The maximum atomic E-state index is 8.06. The van der Waals surface area contributed by atoms with E-state index in [0.29, 0.717) is 0 Å². The summed E-state index contributed by atoms with van der Waals surface area (Å²) in [6.45, 7) is 11.2. The SMILES string of the molecule is CC(C)O.CC(C)O.Cc1ccc(C2=CC[C]([Hf]3([C]4=CC(c5ccc(C)cc5)=CC4)[CH2][CH2]3)=C2)cc1. The molecule has 0 aromatic heterocycles. The summed E-state index contributed by atoms with van der Waals surface area (Å²) in [5.74, 6) is 0. The third-order valence-corrected chi connectivity index (χ3v) is 23.2. The fraction of sp³-hybridized carbons (Fsp3) is 0.375. The first kappa shape index (κ1) is 27.8. The summed E-state index contributed by atoms with van der Waals surface area (Å²) < 4.78 is 6.77. The van der Waals surface area contributed by atoms with Crippen LogP contribution in [0.15, 0.2) is 79.5 Å². The summed E-state index contributed by atoms with van der Waals surface area (Å²) in [7, 11) is 0. The number of aliphatic hydroxyl groups excluding tert-OH is 2. The van der Waals surface area contributed by atoms with Crippen LogP contribution in [0.2, 0.25) is 8.35 Å². The van der Waals surface area contributed by atoms with E-state index in [1.54, 1.807) is 27.7 Å². The van der Waals surface area contributed by atoms with E-state index in [1.807, 2.05) is 6.66 Å². The summed E-state index contributed by atoms with van der Waals surface area (Å²) in [5.41, 5.74) is 8.37. The molecule has 35 heavy (non-hydrogen) atoms. The second-order valence-electron chi connectivity index (χ2n) is 10.6. The Hall–Kier alpha value is -1.81. The van der Waals surface area contributed by atoms with Crippen molar-refractivity contribution in [3.8, 4) is 0 Å². The predicted molar refractivity (Wildman–Crippen MR) is 148 cm³/mol. The molecule has 0 saturated carbocycles. The van der Waals surface area contributed by atoms with Crippen LogP contribution in [0.3, 0.4) is 0 Å².